The van der Waals surface area contributed by atoms with E-state index in [9.17, 15) is 4.79 Å². The highest BCUT2D eigenvalue weighted by Crippen LogP contribution is 2.32. The topological polar surface area (TPSA) is 78.4 Å². The van der Waals surface area contributed by atoms with Crippen LogP contribution in [0.25, 0.3) is 0 Å². The van der Waals surface area contributed by atoms with Crippen LogP contribution in [0.1, 0.15) is 15.9 Å². The fourth-order valence-electron chi connectivity index (χ4n) is 2.19. The molecule has 2 aromatic carbocycles. The van der Waals surface area contributed by atoms with Crippen LogP contribution in [0, 0.1) is 0 Å². The lowest BCUT2D eigenvalue weighted by Crippen LogP contribution is -2.17. The first-order chi connectivity index (χ1) is 11.7. The molecule has 124 valence electrons. The Morgan fingerprint density at radius 3 is 2.75 bits per heavy atom. The normalized spacial score (nSPS) is 12.2. The molecule has 0 radical (unpaired) electrons. The number of benzene rings is 2. The molecule has 0 saturated carbocycles. The first kappa shape index (κ1) is 15.7. The summed E-state index contributed by atoms with van der Waals surface area (Å²) in [7, 11) is 3.13. The van der Waals surface area contributed by atoms with Crippen molar-refractivity contribution in [2.45, 2.75) is 0 Å². The van der Waals surface area contributed by atoms with Crippen LogP contribution in [0.15, 0.2) is 41.5 Å². The van der Waals surface area contributed by atoms with Crippen LogP contribution in [0.4, 0.5) is 0 Å². The molecule has 1 heterocycles. The third-order valence-electron chi connectivity index (χ3n) is 3.45. The van der Waals surface area contributed by atoms with E-state index < -0.39 is 0 Å². The summed E-state index contributed by atoms with van der Waals surface area (Å²) in [6.45, 7) is 0.163. The highest BCUT2D eigenvalue weighted by Gasteiger charge is 2.15. The summed E-state index contributed by atoms with van der Waals surface area (Å²) in [5.74, 6) is 2.09. The van der Waals surface area contributed by atoms with E-state index in [1.807, 2.05) is 0 Å². The van der Waals surface area contributed by atoms with E-state index in [-0.39, 0.29) is 12.7 Å². The predicted octanol–water partition coefficient (Wildman–Crippen LogP) is 2.20. The Morgan fingerprint density at radius 1 is 1.12 bits per heavy atom. The van der Waals surface area contributed by atoms with E-state index in [2.05, 4.69) is 10.5 Å². The average Bonchev–Trinajstić information content (AvgIpc) is 3.09. The van der Waals surface area contributed by atoms with Gasteiger partial charge in [-0.3, -0.25) is 4.79 Å². The smallest absolute Gasteiger partial charge is 0.271 e. The molecule has 1 N–H and O–H groups in total. The molecule has 0 atom stereocenters. The lowest BCUT2D eigenvalue weighted by molar-refractivity contribution is 0.0954. The van der Waals surface area contributed by atoms with Gasteiger partial charge in [0.25, 0.3) is 5.91 Å². The first-order valence-corrected chi connectivity index (χ1v) is 7.16. The summed E-state index contributed by atoms with van der Waals surface area (Å²) >= 11 is 0. The van der Waals surface area contributed by atoms with Gasteiger partial charge in [-0.25, -0.2) is 5.43 Å². The Kier molecular flexibility index (Phi) is 4.51. The molecule has 24 heavy (non-hydrogen) atoms. The van der Waals surface area contributed by atoms with Gasteiger partial charge in [-0.15, -0.1) is 0 Å². The SMILES string of the molecule is COc1ccc(/C=N/NC(=O)c2ccc3c(c2)OCO3)c(OC)c1. The van der Waals surface area contributed by atoms with Crippen LogP contribution in [0.5, 0.6) is 23.0 Å². The van der Waals surface area contributed by atoms with Crippen molar-refractivity contribution in [3.63, 3.8) is 0 Å². The van der Waals surface area contributed by atoms with Gasteiger partial charge in [-0.2, -0.15) is 5.10 Å². The lowest BCUT2D eigenvalue weighted by atomic mass is 10.2. The molecule has 0 aliphatic carbocycles. The van der Waals surface area contributed by atoms with E-state index >= 15 is 0 Å². The van der Waals surface area contributed by atoms with E-state index in [1.54, 1.807) is 50.6 Å². The number of methoxy groups -OCH3 is 2. The second-order valence-corrected chi connectivity index (χ2v) is 4.88. The number of ether oxygens (including phenoxy) is 4. The zero-order chi connectivity index (χ0) is 16.9. The Hall–Kier alpha value is -3.22. The average molecular weight is 328 g/mol. The van der Waals surface area contributed by atoms with Gasteiger partial charge in [0.15, 0.2) is 11.5 Å². The number of nitrogens with zero attached hydrogens (tertiary/aromatic N) is 1. The van der Waals surface area contributed by atoms with Crippen LogP contribution in [0.2, 0.25) is 0 Å². The number of fused-ring (bicyclic) bond motifs is 1. The van der Waals surface area contributed by atoms with Crippen molar-refractivity contribution in [2.75, 3.05) is 21.0 Å². The zero-order valence-electron chi connectivity index (χ0n) is 13.2. The van der Waals surface area contributed by atoms with Crippen molar-refractivity contribution < 1.29 is 23.7 Å². The predicted molar refractivity (Wildman–Crippen MR) is 87.2 cm³/mol. The summed E-state index contributed by atoms with van der Waals surface area (Å²) in [5.41, 5.74) is 3.61. The fraction of sp³-hybridized carbons (Fsp3) is 0.176. The van der Waals surface area contributed by atoms with Crippen molar-refractivity contribution in [1.82, 2.24) is 5.43 Å². The minimum atomic E-state index is -0.350. The van der Waals surface area contributed by atoms with E-state index in [1.165, 1.54) is 6.21 Å². The second-order valence-electron chi connectivity index (χ2n) is 4.88. The van der Waals surface area contributed by atoms with Gasteiger partial charge in [0.1, 0.15) is 11.5 Å². The summed E-state index contributed by atoms with van der Waals surface area (Å²) in [6, 6.07) is 10.2. The van der Waals surface area contributed by atoms with Crippen LogP contribution < -0.4 is 24.4 Å². The largest absolute Gasteiger partial charge is 0.497 e. The number of carbonyl (C=O) groups is 1. The molecule has 3 rings (SSSR count). The minimum absolute atomic E-state index is 0.163. The van der Waals surface area contributed by atoms with E-state index in [0.29, 0.717) is 34.1 Å². The maximum atomic E-state index is 12.1. The van der Waals surface area contributed by atoms with Crippen molar-refractivity contribution in [1.29, 1.82) is 0 Å². The number of amides is 1. The van der Waals surface area contributed by atoms with E-state index in [0.717, 1.165) is 0 Å². The number of hydrogen-bond acceptors (Lipinski definition) is 6. The monoisotopic (exact) mass is 328 g/mol. The van der Waals surface area contributed by atoms with Crippen molar-refractivity contribution in [3.8, 4) is 23.0 Å². The zero-order valence-corrected chi connectivity index (χ0v) is 13.2. The molecular weight excluding hydrogens is 312 g/mol. The Bertz CT molecular complexity index is 789. The van der Waals surface area contributed by atoms with Gasteiger partial charge >= 0.3 is 0 Å². The van der Waals surface area contributed by atoms with Gasteiger partial charge < -0.3 is 18.9 Å². The molecule has 7 heteroatoms. The molecule has 2 aromatic rings. The highest BCUT2D eigenvalue weighted by atomic mass is 16.7. The third kappa shape index (κ3) is 3.24. The summed E-state index contributed by atoms with van der Waals surface area (Å²) < 4.78 is 20.9. The third-order valence-corrected chi connectivity index (χ3v) is 3.45. The first-order valence-electron chi connectivity index (χ1n) is 7.16. The van der Waals surface area contributed by atoms with Crippen molar-refractivity contribution in [3.05, 3.63) is 47.5 Å². The molecule has 1 aliphatic rings. The molecule has 7 nitrogen and oxygen atoms in total. The highest BCUT2D eigenvalue weighted by molar-refractivity contribution is 5.95. The van der Waals surface area contributed by atoms with Crippen molar-refractivity contribution in [2.24, 2.45) is 5.10 Å². The number of hydrazone groups is 1. The standard InChI is InChI=1S/C17H16N2O5/c1-21-13-5-3-12(15(8-13)22-2)9-18-19-17(20)11-4-6-14-16(7-11)24-10-23-14/h3-9H,10H2,1-2H3,(H,19,20)/b18-9+. The molecule has 0 spiro atoms. The number of carbonyl (C=O) groups excluding carboxylic acids is 1. The fourth-order valence-corrected chi connectivity index (χ4v) is 2.19. The molecule has 0 unspecified atom stereocenters. The minimum Gasteiger partial charge on any atom is -0.497 e. The van der Waals surface area contributed by atoms with Gasteiger partial charge in [0.2, 0.25) is 6.79 Å². The Morgan fingerprint density at radius 2 is 1.96 bits per heavy atom. The maximum Gasteiger partial charge on any atom is 0.271 e. The van der Waals surface area contributed by atoms with Gasteiger partial charge in [0, 0.05) is 17.2 Å². The van der Waals surface area contributed by atoms with Gasteiger partial charge in [-0.1, -0.05) is 0 Å². The molecular formula is C17H16N2O5. The lowest BCUT2D eigenvalue weighted by Gasteiger charge is -2.07. The van der Waals surface area contributed by atoms with Crippen LogP contribution in [-0.4, -0.2) is 33.1 Å². The quantitative estimate of drug-likeness (QED) is 0.672. The number of nitrogens with one attached hydrogen (secondary N) is 1. The summed E-state index contributed by atoms with van der Waals surface area (Å²) in [6.07, 6.45) is 1.50. The molecule has 1 amide bonds. The molecule has 0 fully saturated rings. The Balaban J connectivity index is 1.69. The molecule has 0 bridgehead atoms. The molecule has 0 saturated heterocycles. The maximum absolute atomic E-state index is 12.1. The van der Waals surface area contributed by atoms with Crippen molar-refractivity contribution >= 4 is 12.1 Å². The number of hydrogen-bond donors (Lipinski definition) is 1. The molecule has 0 aromatic heterocycles. The summed E-state index contributed by atoms with van der Waals surface area (Å²) in [5, 5.41) is 3.96. The van der Waals surface area contributed by atoms with E-state index in [4.69, 9.17) is 18.9 Å². The van der Waals surface area contributed by atoms with Crippen LogP contribution >= 0.6 is 0 Å². The van der Waals surface area contributed by atoms with Crippen LogP contribution in [0.3, 0.4) is 0 Å². The Labute approximate surface area is 138 Å². The second kappa shape index (κ2) is 6.91. The van der Waals surface area contributed by atoms with Crippen LogP contribution in [-0.2, 0) is 0 Å². The molecule has 1 aliphatic heterocycles. The summed E-state index contributed by atoms with van der Waals surface area (Å²) in [4.78, 5) is 12.1. The number of rotatable bonds is 5. The van der Waals surface area contributed by atoms with Gasteiger partial charge in [0.05, 0.1) is 20.4 Å². The van der Waals surface area contributed by atoms with Gasteiger partial charge in [-0.05, 0) is 30.3 Å².